The summed E-state index contributed by atoms with van der Waals surface area (Å²) in [5.41, 5.74) is 4.04. The minimum Gasteiger partial charge on any atom is -0.361 e. The fourth-order valence-electron chi connectivity index (χ4n) is 3.02. The number of carbonyl (C=O) groups is 1. The SMILES string of the molecule is Cc1noc(C)c1CC(=O)N[C@H]1CCCc2c1cnn2C. The third-order valence-electron chi connectivity index (χ3n) is 4.23. The van der Waals surface area contributed by atoms with Crippen LogP contribution in [0.2, 0.25) is 0 Å². The molecule has 2 heterocycles. The van der Waals surface area contributed by atoms with Crippen LogP contribution < -0.4 is 5.32 Å². The third kappa shape index (κ3) is 2.57. The molecule has 112 valence electrons. The van der Waals surface area contributed by atoms with Crippen LogP contribution in [-0.2, 0) is 24.7 Å². The van der Waals surface area contributed by atoms with Crippen LogP contribution in [0.3, 0.4) is 0 Å². The van der Waals surface area contributed by atoms with E-state index in [-0.39, 0.29) is 11.9 Å². The van der Waals surface area contributed by atoms with Gasteiger partial charge in [0.25, 0.3) is 0 Å². The van der Waals surface area contributed by atoms with Gasteiger partial charge in [0.05, 0.1) is 24.4 Å². The van der Waals surface area contributed by atoms with Crippen LogP contribution in [0, 0.1) is 13.8 Å². The molecule has 0 aliphatic heterocycles. The molecule has 21 heavy (non-hydrogen) atoms. The van der Waals surface area contributed by atoms with E-state index >= 15 is 0 Å². The zero-order chi connectivity index (χ0) is 15.0. The van der Waals surface area contributed by atoms with Crippen molar-refractivity contribution in [2.45, 2.75) is 45.6 Å². The van der Waals surface area contributed by atoms with Crippen LogP contribution in [-0.4, -0.2) is 20.8 Å². The smallest absolute Gasteiger partial charge is 0.225 e. The number of carbonyl (C=O) groups excluding carboxylic acids is 1. The van der Waals surface area contributed by atoms with Gasteiger partial charge in [0, 0.05) is 23.9 Å². The van der Waals surface area contributed by atoms with Gasteiger partial charge in [-0.25, -0.2) is 0 Å². The molecule has 2 aromatic rings. The first-order valence-corrected chi connectivity index (χ1v) is 7.28. The number of nitrogens with one attached hydrogen (secondary N) is 1. The molecular weight excluding hydrogens is 268 g/mol. The van der Waals surface area contributed by atoms with Crippen LogP contribution in [0.1, 0.15) is 47.2 Å². The molecule has 1 N–H and O–H groups in total. The molecule has 0 unspecified atom stereocenters. The summed E-state index contributed by atoms with van der Waals surface area (Å²) in [4.78, 5) is 12.3. The maximum absolute atomic E-state index is 12.3. The monoisotopic (exact) mass is 288 g/mol. The van der Waals surface area contributed by atoms with Crippen molar-refractivity contribution in [2.24, 2.45) is 7.05 Å². The molecule has 0 aromatic carbocycles. The summed E-state index contributed by atoms with van der Waals surface area (Å²) in [7, 11) is 1.95. The molecule has 0 radical (unpaired) electrons. The van der Waals surface area contributed by atoms with Crippen molar-refractivity contribution in [3.63, 3.8) is 0 Å². The minimum atomic E-state index is 0.00565. The standard InChI is InChI=1S/C15H20N4O2/c1-9-11(10(2)21-18-9)7-15(20)17-13-5-4-6-14-12(13)8-16-19(14)3/h8,13H,4-7H2,1-3H3,(H,17,20)/t13-/m0/s1. The highest BCUT2D eigenvalue weighted by Crippen LogP contribution is 2.29. The summed E-state index contributed by atoms with van der Waals surface area (Å²) in [6.07, 6.45) is 5.25. The summed E-state index contributed by atoms with van der Waals surface area (Å²) in [5.74, 6) is 0.722. The van der Waals surface area contributed by atoms with Crippen molar-refractivity contribution < 1.29 is 9.32 Å². The second kappa shape index (κ2) is 5.35. The van der Waals surface area contributed by atoms with Gasteiger partial charge < -0.3 is 9.84 Å². The fourth-order valence-corrected chi connectivity index (χ4v) is 3.02. The van der Waals surface area contributed by atoms with Crippen molar-refractivity contribution in [1.29, 1.82) is 0 Å². The molecule has 1 atom stereocenters. The summed E-state index contributed by atoms with van der Waals surface area (Å²) in [6, 6.07) is 0.0652. The van der Waals surface area contributed by atoms with E-state index in [4.69, 9.17) is 4.52 Å². The lowest BCUT2D eigenvalue weighted by molar-refractivity contribution is -0.121. The third-order valence-corrected chi connectivity index (χ3v) is 4.23. The zero-order valence-corrected chi connectivity index (χ0v) is 12.6. The Hall–Kier alpha value is -2.11. The second-order valence-corrected chi connectivity index (χ2v) is 5.66. The van der Waals surface area contributed by atoms with Gasteiger partial charge in [-0.05, 0) is 33.1 Å². The number of nitrogens with zero attached hydrogens (tertiary/aromatic N) is 3. The molecule has 1 aliphatic carbocycles. The summed E-state index contributed by atoms with van der Waals surface area (Å²) >= 11 is 0. The number of aryl methyl sites for hydroxylation is 3. The van der Waals surface area contributed by atoms with Crippen molar-refractivity contribution in [1.82, 2.24) is 20.3 Å². The number of hydrogen-bond acceptors (Lipinski definition) is 4. The van der Waals surface area contributed by atoms with Crippen LogP contribution in [0.4, 0.5) is 0 Å². The first kappa shape index (κ1) is 13.9. The lowest BCUT2D eigenvalue weighted by atomic mass is 9.93. The number of rotatable bonds is 3. The molecular formula is C15H20N4O2. The quantitative estimate of drug-likeness (QED) is 0.934. The Morgan fingerprint density at radius 2 is 2.33 bits per heavy atom. The van der Waals surface area contributed by atoms with E-state index in [9.17, 15) is 4.79 Å². The molecule has 2 aromatic heterocycles. The van der Waals surface area contributed by atoms with Crippen molar-refractivity contribution in [3.05, 3.63) is 34.5 Å². The van der Waals surface area contributed by atoms with E-state index in [1.54, 1.807) is 0 Å². The first-order chi connectivity index (χ1) is 10.1. The molecule has 3 rings (SSSR count). The molecule has 0 saturated carbocycles. The summed E-state index contributed by atoms with van der Waals surface area (Å²) in [6.45, 7) is 3.70. The van der Waals surface area contributed by atoms with Gasteiger partial charge in [-0.2, -0.15) is 5.10 Å². The molecule has 0 saturated heterocycles. The van der Waals surface area contributed by atoms with Gasteiger partial charge >= 0.3 is 0 Å². The van der Waals surface area contributed by atoms with E-state index in [1.165, 1.54) is 5.69 Å². The summed E-state index contributed by atoms with van der Waals surface area (Å²) in [5, 5.41) is 11.3. The average Bonchev–Trinajstić information content (AvgIpc) is 2.98. The van der Waals surface area contributed by atoms with Gasteiger partial charge in [0.1, 0.15) is 5.76 Å². The molecule has 1 aliphatic rings. The molecule has 0 bridgehead atoms. The molecule has 1 amide bonds. The number of amides is 1. The summed E-state index contributed by atoms with van der Waals surface area (Å²) < 4.78 is 7.01. The fraction of sp³-hybridized carbons (Fsp3) is 0.533. The van der Waals surface area contributed by atoms with Crippen LogP contribution in [0.5, 0.6) is 0 Å². The first-order valence-electron chi connectivity index (χ1n) is 7.28. The van der Waals surface area contributed by atoms with Gasteiger partial charge in [0.15, 0.2) is 0 Å². The van der Waals surface area contributed by atoms with Gasteiger partial charge in [-0.3, -0.25) is 9.48 Å². The average molecular weight is 288 g/mol. The van der Waals surface area contributed by atoms with Crippen LogP contribution in [0.15, 0.2) is 10.7 Å². The molecule has 6 nitrogen and oxygen atoms in total. The maximum atomic E-state index is 12.3. The van der Waals surface area contributed by atoms with Crippen molar-refractivity contribution in [2.75, 3.05) is 0 Å². The van der Waals surface area contributed by atoms with E-state index in [0.29, 0.717) is 12.2 Å². The topological polar surface area (TPSA) is 73.0 Å². The van der Waals surface area contributed by atoms with Crippen molar-refractivity contribution in [3.8, 4) is 0 Å². The lowest BCUT2D eigenvalue weighted by Crippen LogP contribution is -2.32. The van der Waals surface area contributed by atoms with Gasteiger partial charge in [-0.15, -0.1) is 0 Å². The van der Waals surface area contributed by atoms with Crippen molar-refractivity contribution >= 4 is 5.91 Å². The number of fused-ring (bicyclic) bond motifs is 1. The Balaban J connectivity index is 1.71. The van der Waals surface area contributed by atoms with E-state index in [1.807, 2.05) is 31.8 Å². The van der Waals surface area contributed by atoms with Gasteiger partial charge in [0.2, 0.25) is 5.91 Å². The predicted molar refractivity (Wildman–Crippen MR) is 76.7 cm³/mol. The highest BCUT2D eigenvalue weighted by Gasteiger charge is 2.25. The minimum absolute atomic E-state index is 0.00565. The Morgan fingerprint density at radius 3 is 3.05 bits per heavy atom. The molecule has 0 fully saturated rings. The van der Waals surface area contributed by atoms with Crippen LogP contribution >= 0.6 is 0 Å². The highest BCUT2D eigenvalue weighted by molar-refractivity contribution is 5.79. The largest absolute Gasteiger partial charge is 0.361 e. The van der Waals surface area contributed by atoms with E-state index < -0.39 is 0 Å². The Morgan fingerprint density at radius 1 is 1.52 bits per heavy atom. The number of aromatic nitrogens is 3. The number of hydrogen-bond donors (Lipinski definition) is 1. The maximum Gasteiger partial charge on any atom is 0.225 e. The predicted octanol–water partition coefficient (Wildman–Crippen LogP) is 1.76. The van der Waals surface area contributed by atoms with E-state index in [2.05, 4.69) is 15.6 Å². The second-order valence-electron chi connectivity index (χ2n) is 5.66. The highest BCUT2D eigenvalue weighted by atomic mass is 16.5. The van der Waals surface area contributed by atoms with Crippen LogP contribution in [0.25, 0.3) is 0 Å². The molecule has 6 heteroatoms. The Bertz CT molecular complexity index is 652. The van der Waals surface area contributed by atoms with Gasteiger partial charge in [-0.1, -0.05) is 5.16 Å². The Labute approximate surface area is 123 Å². The zero-order valence-electron chi connectivity index (χ0n) is 12.6. The van der Waals surface area contributed by atoms with E-state index in [0.717, 1.165) is 36.1 Å². The Kier molecular flexibility index (Phi) is 3.53. The normalized spacial score (nSPS) is 17.6. The molecule has 0 spiro atoms. The lowest BCUT2D eigenvalue weighted by Gasteiger charge is -2.23.